The molecule has 2 aromatic carbocycles. The molecule has 0 saturated carbocycles. The third-order valence-corrected chi connectivity index (χ3v) is 9.16. The molecule has 1 aliphatic heterocycles. The minimum atomic E-state index is -4.83. The first-order valence-electron chi connectivity index (χ1n) is 16.2. The van der Waals surface area contributed by atoms with Crippen molar-refractivity contribution in [1.82, 2.24) is 4.90 Å². The summed E-state index contributed by atoms with van der Waals surface area (Å²) in [6.07, 6.45) is -2.05. The number of nitrogens with zero attached hydrogens (tertiary/aromatic N) is 2. The minimum absolute atomic E-state index is 0.00251. The summed E-state index contributed by atoms with van der Waals surface area (Å²) in [5, 5.41) is 21.9. The number of alkyl halides is 3. The molecule has 0 amide bonds. The number of ketones is 2. The van der Waals surface area contributed by atoms with Crippen molar-refractivity contribution < 1.29 is 47.1 Å². The lowest BCUT2D eigenvalue weighted by atomic mass is 9.63. The summed E-state index contributed by atoms with van der Waals surface area (Å²) in [6, 6.07) is 5.22. The van der Waals surface area contributed by atoms with E-state index in [-0.39, 0.29) is 48.9 Å². The van der Waals surface area contributed by atoms with Crippen molar-refractivity contribution in [2.45, 2.75) is 78.8 Å². The molecule has 0 atom stereocenters. The van der Waals surface area contributed by atoms with Crippen LogP contribution in [0.5, 0.6) is 17.2 Å². The van der Waals surface area contributed by atoms with Crippen molar-refractivity contribution >= 4 is 23.2 Å². The molecule has 0 radical (unpaired) electrons. The average Bonchev–Trinajstić information content (AvgIpc) is 2.97. The predicted octanol–water partition coefficient (Wildman–Crippen LogP) is 8.30. The molecule has 50 heavy (non-hydrogen) atoms. The van der Waals surface area contributed by atoms with Crippen molar-refractivity contribution in [3.05, 3.63) is 92.3 Å². The molecule has 1 heterocycles. The largest absolute Gasteiger partial charge is 0.490 e. The highest BCUT2D eigenvalue weighted by molar-refractivity contribution is 6.07. The average molecular weight is 697 g/mol. The number of hydrogen-bond acceptors (Lipinski definition) is 8. The smallest absolute Gasteiger partial charge is 0.416 e. The van der Waals surface area contributed by atoms with Gasteiger partial charge in [-0.25, -0.2) is 0 Å². The number of hydrogen-bond donors (Lipinski definition) is 1. The van der Waals surface area contributed by atoms with Gasteiger partial charge >= 0.3 is 17.8 Å². The second-order valence-corrected chi connectivity index (χ2v) is 14.5. The summed E-state index contributed by atoms with van der Waals surface area (Å²) >= 11 is 0. The number of carbonyl (C=O) groups is 3. The second-order valence-electron chi connectivity index (χ2n) is 14.5. The highest BCUT2D eigenvalue weighted by atomic mass is 19.4. The number of nitro groups is 1. The number of allylic oxidation sites excluding steroid dienone is 5. The van der Waals surface area contributed by atoms with Gasteiger partial charge in [0, 0.05) is 52.9 Å². The quantitative estimate of drug-likeness (QED) is 0.148. The Morgan fingerprint density at radius 2 is 1.60 bits per heavy atom. The van der Waals surface area contributed by atoms with E-state index in [0.717, 1.165) is 6.07 Å². The van der Waals surface area contributed by atoms with Gasteiger partial charge in [0.05, 0.1) is 17.1 Å². The lowest BCUT2D eigenvalue weighted by Gasteiger charge is -2.48. The van der Waals surface area contributed by atoms with E-state index in [9.17, 15) is 42.8 Å². The van der Waals surface area contributed by atoms with Crippen molar-refractivity contribution in [1.29, 1.82) is 0 Å². The van der Waals surface area contributed by atoms with Crippen LogP contribution in [0.25, 0.3) is 0 Å². The lowest BCUT2D eigenvalue weighted by molar-refractivity contribution is -0.385. The highest BCUT2D eigenvalue weighted by Crippen LogP contribution is 2.55. The molecule has 0 fully saturated rings. The van der Waals surface area contributed by atoms with Crippen LogP contribution in [-0.4, -0.2) is 45.6 Å². The van der Waals surface area contributed by atoms with Gasteiger partial charge in [0.1, 0.15) is 6.54 Å². The van der Waals surface area contributed by atoms with E-state index < -0.39 is 57.4 Å². The molecular formula is C37H39F3N2O8. The van der Waals surface area contributed by atoms with Crippen molar-refractivity contribution in [2.75, 3.05) is 13.2 Å². The third kappa shape index (κ3) is 7.03. The number of carbonyl (C=O) groups excluding carboxylic acids is 2. The van der Waals surface area contributed by atoms with Crippen molar-refractivity contribution in [3.63, 3.8) is 0 Å². The maximum Gasteiger partial charge on any atom is 0.416 e. The highest BCUT2D eigenvalue weighted by Gasteiger charge is 2.49. The number of benzene rings is 2. The molecule has 5 rings (SSSR count). The summed E-state index contributed by atoms with van der Waals surface area (Å²) in [6.45, 7) is 12.9. The number of carboxylic acids is 1. The van der Waals surface area contributed by atoms with Crippen LogP contribution >= 0.6 is 0 Å². The van der Waals surface area contributed by atoms with E-state index in [2.05, 4.69) is 6.58 Å². The minimum Gasteiger partial charge on any atom is -0.490 e. The van der Waals surface area contributed by atoms with Crippen molar-refractivity contribution in [2.24, 2.45) is 10.8 Å². The summed E-state index contributed by atoms with van der Waals surface area (Å²) in [4.78, 5) is 53.0. The molecule has 3 aliphatic rings. The van der Waals surface area contributed by atoms with Crippen LogP contribution < -0.4 is 9.47 Å². The van der Waals surface area contributed by atoms with Crippen LogP contribution in [0.2, 0.25) is 0 Å². The number of Topliss-reactive ketones (excluding diaryl/α,β-unsaturated/α-hetero) is 2. The fraction of sp³-hybridized carbons (Fsp3) is 0.432. The molecule has 0 bridgehead atoms. The molecule has 13 heteroatoms. The number of aliphatic carboxylic acids is 1. The molecular weight excluding hydrogens is 657 g/mol. The fourth-order valence-corrected chi connectivity index (χ4v) is 7.28. The second kappa shape index (κ2) is 13.1. The van der Waals surface area contributed by atoms with Gasteiger partial charge in [-0.05, 0) is 60.8 Å². The van der Waals surface area contributed by atoms with E-state index in [4.69, 9.17) is 9.47 Å². The molecule has 0 spiro atoms. The van der Waals surface area contributed by atoms with Gasteiger partial charge < -0.3 is 19.5 Å². The first-order chi connectivity index (χ1) is 23.3. The topological polar surface area (TPSA) is 136 Å². The zero-order valence-electron chi connectivity index (χ0n) is 28.5. The fourth-order valence-electron chi connectivity index (χ4n) is 7.28. The van der Waals surface area contributed by atoms with Gasteiger partial charge in [0.25, 0.3) is 0 Å². The van der Waals surface area contributed by atoms with E-state index in [1.165, 1.54) is 6.08 Å². The number of rotatable bonds is 10. The number of nitro benzene ring substituents is 1. The molecule has 2 aromatic rings. The van der Waals surface area contributed by atoms with Gasteiger partial charge in [0.15, 0.2) is 23.1 Å². The Labute approximate surface area is 287 Å². The van der Waals surface area contributed by atoms with Crippen LogP contribution in [0.4, 0.5) is 18.9 Å². The van der Waals surface area contributed by atoms with Crippen LogP contribution in [0.15, 0.2) is 65.5 Å². The first kappa shape index (κ1) is 36.3. The maximum absolute atomic E-state index is 14.1. The van der Waals surface area contributed by atoms with Crippen molar-refractivity contribution in [3.8, 4) is 17.2 Å². The van der Waals surface area contributed by atoms with Gasteiger partial charge in [-0.3, -0.25) is 24.5 Å². The summed E-state index contributed by atoms with van der Waals surface area (Å²) < 4.78 is 52.2. The Kier molecular flexibility index (Phi) is 9.50. The van der Waals surface area contributed by atoms with E-state index >= 15 is 0 Å². The summed E-state index contributed by atoms with van der Waals surface area (Å²) in [5.41, 5.74) is -0.463. The molecule has 0 aromatic heterocycles. The Balaban J connectivity index is 1.77. The van der Waals surface area contributed by atoms with Crippen LogP contribution in [0.1, 0.15) is 82.9 Å². The predicted molar refractivity (Wildman–Crippen MR) is 177 cm³/mol. The van der Waals surface area contributed by atoms with Crippen LogP contribution in [0, 0.1) is 20.9 Å². The van der Waals surface area contributed by atoms with E-state index in [1.54, 1.807) is 24.0 Å². The van der Waals surface area contributed by atoms with Gasteiger partial charge in [-0.1, -0.05) is 39.8 Å². The van der Waals surface area contributed by atoms with Gasteiger partial charge in [-0.15, -0.1) is 6.58 Å². The normalized spacial score (nSPS) is 18.8. The zero-order valence-corrected chi connectivity index (χ0v) is 28.5. The summed E-state index contributed by atoms with van der Waals surface area (Å²) in [5.74, 6) is -2.80. The number of ether oxygens (including phenoxy) is 2. The molecule has 2 aliphatic carbocycles. The zero-order chi connectivity index (χ0) is 36.9. The molecule has 0 unspecified atom stereocenters. The van der Waals surface area contributed by atoms with Gasteiger partial charge in [-0.2, -0.15) is 13.2 Å². The molecule has 1 N–H and O–H groups in total. The van der Waals surface area contributed by atoms with Crippen LogP contribution in [0.3, 0.4) is 0 Å². The first-order valence-corrected chi connectivity index (χ1v) is 16.2. The lowest BCUT2D eigenvalue weighted by Crippen LogP contribution is -2.45. The maximum atomic E-state index is 14.1. The van der Waals surface area contributed by atoms with E-state index in [0.29, 0.717) is 58.6 Å². The third-order valence-electron chi connectivity index (χ3n) is 9.16. The van der Waals surface area contributed by atoms with Gasteiger partial charge in [0.2, 0.25) is 5.75 Å². The van der Waals surface area contributed by atoms with E-state index in [1.807, 2.05) is 27.7 Å². The SMILES string of the molecule is C=CCc1cc(C2C3=C(CC(C)(C)CC3=O)N(CC(=O)O)C3=C2C(=O)CC(C)(C)C3)cc(OCC)c1Oc1ccc(C(F)(F)F)cc1[N+](=O)[O-]. The standard InChI is InChI=1S/C37H39F3N2O8/c1-7-9-20-12-21(13-29(49-8-2)34(20)50-28-11-10-22(37(38,39)40)14-23(28)42(47)48)31-32-24(15-35(3,4)17-26(32)43)41(19-30(45)46)25-16-36(5,6)18-27(44)33(25)31/h7,10-14,31H,1,8-9,15-19H2,2-6H3,(H,45,46). The van der Waals surface area contributed by atoms with Crippen LogP contribution in [-0.2, 0) is 27.0 Å². The summed E-state index contributed by atoms with van der Waals surface area (Å²) in [7, 11) is 0. The monoisotopic (exact) mass is 696 g/mol. The molecule has 266 valence electrons. The Morgan fingerprint density at radius 3 is 2.08 bits per heavy atom. The number of halogens is 3. The number of carboxylic acid groups (broad SMARTS) is 1. The molecule has 10 nitrogen and oxygen atoms in total. The molecule has 0 saturated heterocycles. The Hall–Kier alpha value is -4.94. The Morgan fingerprint density at radius 1 is 1.02 bits per heavy atom. The Bertz CT molecular complexity index is 1820.